The highest BCUT2D eigenvalue weighted by molar-refractivity contribution is 5.72. The maximum Gasteiger partial charge on any atom is 0.435 e. The highest BCUT2D eigenvalue weighted by Crippen LogP contribution is 2.42. The van der Waals surface area contributed by atoms with Crippen LogP contribution in [0.4, 0.5) is 13.2 Å². The van der Waals surface area contributed by atoms with Crippen molar-refractivity contribution in [3.05, 3.63) is 54.4 Å². The normalized spacial score (nSPS) is 12.7. The minimum Gasteiger partial charge on any atom is -0.453 e. The van der Waals surface area contributed by atoms with Crippen LogP contribution in [0.25, 0.3) is 17.1 Å². The fraction of sp³-hybridized carbons (Fsp3) is 0.0667. The number of fused-ring (bicyclic) bond motifs is 5. The summed E-state index contributed by atoms with van der Waals surface area (Å²) in [7, 11) is 0. The van der Waals surface area contributed by atoms with Gasteiger partial charge in [0.2, 0.25) is 0 Å². The molecular formula is C15H8F3N3O. The van der Waals surface area contributed by atoms with Gasteiger partial charge < -0.3 is 4.74 Å². The van der Waals surface area contributed by atoms with Crippen molar-refractivity contribution in [1.29, 1.82) is 0 Å². The average Bonchev–Trinajstić information content (AvgIpc) is 2.89. The first-order chi connectivity index (χ1) is 10.5. The molecule has 0 aliphatic carbocycles. The van der Waals surface area contributed by atoms with Gasteiger partial charge in [-0.3, -0.25) is 0 Å². The number of rotatable bonds is 0. The Morgan fingerprint density at radius 3 is 2.59 bits per heavy atom. The van der Waals surface area contributed by atoms with E-state index in [1.807, 2.05) is 0 Å². The van der Waals surface area contributed by atoms with Gasteiger partial charge in [0.05, 0.1) is 5.69 Å². The Hall–Kier alpha value is -2.83. The van der Waals surface area contributed by atoms with Crippen LogP contribution in [-0.4, -0.2) is 14.8 Å². The van der Waals surface area contributed by atoms with Crippen LogP contribution in [-0.2, 0) is 6.18 Å². The van der Waals surface area contributed by atoms with Gasteiger partial charge in [-0.2, -0.15) is 18.3 Å². The number of benzene rings is 1. The van der Waals surface area contributed by atoms with Gasteiger partial charge in [-0.05, 0) is 30.3 Å². The molecule has 0 unspecified atom stereocenters. The molecule has 4 rings (SSSR count). The van der Waals surface area contributed by atoms with Crippen LogP contribution >= 0.6 is 0 Å². The highest BCUT2D eigenvalue weighted by atomic mass is 19.4. The molecule has 1 aromatic carbocycles. The monoisotopic (exact) mass is 303 g/mol. The smallest absolute Gasteiger partial charge is 0.435 e. The average molecular weight is 303 g/mol. The molecule has 110 valence electrons. The van der Waals surface area contributed by atoms with Crippen LogP contribution < -0.4 is 4.74 Å². The first-order valence-electron chi connectivity index (χ1n) is 6.44. The molecule has 3 aromatic rings. The predicted octanol–water partition coefficient (Wildman–Crippen LogP) is 4.06. The molecule has 3 heterocycles. The van der Waals surface area contributed by atoms with E-state index in [9.17, 15) is 13.2 Å². The third-order valence-electron chi connectivity index (χ3n) is 3.33. The van der Waals surface area contributed by atoms with Gasteiger partial charge in [0.15, 0.2) is 17.3 Å². The quantitative estimate of drug-likeness (QED) is 0.492. The molecule has 0 amide bonds. The number of para-hydroxylation sites is 1. The number of aromatic nitrogens is 3. The maximum absolute atomic E-state index is 13.0. The Balaban J connectivity index is 2.07. The van der Waals surface area contributed by atoms with Gasteiger partial charge in [0.1, 0.15) is 5.75 Å². The fourth-order valence-electron chi connectivity index (χ4n) is 2.38. The third kappa shape index (κ3) is 1.86. The lowest BCUT2D eigenvalue weighted by molar-refractivity contribution is -0.141. The van der Waals surface area contributed by atoms with E-state index >= 15 is 0 Å². The molecule has 22 heavy (non-hydrogen) atoms. The van der Waals surface area contributed by atoms with Crippen LogP contribution in [0.2, 0.25) is 0 Å². The Bertz CT molecular complexity index is 807. The SMILES string of the molecule is FC(F)(F)c1cc2n(n1)-c1ncccc1Oc1ccccc1-2. The van der Waals surface area contributed by atoms with E-state index in [0.29, 0.717) is 22.8 Å². The number of hydrogen-bond acceptors (Lipinski definition) is 3. The van der Waals surface area contributed by atoms with Crippen molar-refractivity contribution in [1.82, 2.24) is 14.8 Å². The Morgan fingerprint density at radius 1 is 1.00 bits per heavy atom. The van der Waals surface area contributed by atoms with Crippen molar-refractivity contribution < 1.29 is 17.9 Å². The van der Waals surface area contributed by atoms with E-state index in [0.717, 1.165) is 6.07 Å². The van der Waals surface area contributed by atoms with Gasteiger partial charge in [-0.15, -0.1) is 0 Å². The Kier molecular flexibility index (Phi) is 2.53. The number of nitrogens with zero attached hydrogens (tertiary/aromatic N) is 3. The predicted molar refractivity (Wildman–Crippen MR) is 71.9 cm³/mol. The van der Waals surface area contributed by atoms with Crippen molar-refractivity contribution in [3.8, 4) is 28.6 Å². The summed E-state index contributed by atoms with van der Waals surface area (Å²) in [5.74, 6) is 1.04. The number of pyridine rings is 1. The Labute approximate surface area is 122 Å². The summed E-state index contributed by atoms with van der Waals surface area (Å²) in [4.78, 5) is 4.11. The molecule has 0 bridgehead atoms. The molecule has 0 atom stereocenters. The van der Waals surface area contributed by atoms with E-state index in [2.05, 4.69) is 10.1 Å². The lowest BCUT2D eigenvalue weighted by Crippen LogP contribution is -2.08. The summed E-state index contributed by atoms with van der Waals surface area (Å²) in [6.07, 6.45) is -3.04. The topological polar surface area (TPSA) is 39.9 Å². The zero-order chi connectivity index (χ0) is 15.3. The molecule has 1 aliphatic heterocycles. The number of hydrogen-bond donors (Lipinski definition) is 0. The zero-order valence-corrected chi connectivity index (χ0v) is 11.0. The molecule has 2 aromatic heterocycles. The van der Waals surface area contributed by atoms with E-state index < -0.39 is 11.9 Å². The van der Waals surface area contributed by atoms with Crippen molar-refractivity contribution >= 4 is 0 Å². The summed E-state index contributed by atoms with van der Waals surface area (Å²) in [6.45, 7) is 0. The van der Waals surface area contributed by atoms with Crippen molar-refractivity contribution in [2.45, 2.75) is 6.18 Å². The Morgan fingerprint density at radius 2 is 1.77 bits per heavy atom. The van der Waals surface area contributed by atoms with Crippen molar-refractivity contribution in [3.63, 3.8) is 0 Å². The molecule has 0 N–H and O–H groups in total. The summed E-state index contributed by atoms with van der Waals surface area (Å²) in [5.41, 5.74) is -0.139. The molecule has 1 aliphatic rings. The van der Waals surface area contributed by atoms with E-state index in [1.54, 1.807) is 36.4 Å². The van der Waals surface area contributed by atoms with E-state index in [-0.39, 0.29) is 5.82 Å². The first-order valence-corrected chi connectivity index (χ1v) is 6.44. The van der Waals surface area contributed by atoms with Crippen LogP contribution in [0, 0.1) is 0 Å². The van der Waals surface area contributed by atoms with Gasteiger partial charge in [0.25, 0.3) is 0 Å². The van der Waals surface area contributed by atoms with E-state index in [1.165, 1.54) is 10.9 Å². The molecule has 4 nitrogen and oxygen atoms in total. The molecular weight excluding hydrogens is 295 g/mol. The molecule has 0 radical (unpaired) electrons. The first kappa shape index (κ1) is 12.9. The highest BCUT2D eigenvalue weighted by Gasteiger charge is 2.36. The molecule has 7 heteroatoms. The molecule has 0 saturated heterocycles. The molecule has 0 saturated carbocycles. The van der Waals surface area contributed by atoms with Crippen molar-refractivity contribution in [2.75, 3.05) is 0 Å². The molecule has 0 spiro atoms. The number of alkyl halides is 3. The molecule has 0 fully saturated rings. The van der Waals surface area contributed by atoms with Crippen molar-refractivity contribution in [2.24, 2.45) is 0 Å². The van der Waals surface area contributed by atoms with Crippen LogP contribution in [0.1, 0.15) is 5.69 Å². The fourth-order valence-corrected chi connectivity index (χ4v) is 2.38. The second kappa shape index (κ2) is 4.33. The van der Waals surface area contributed by atoms with Gasteiger partial charge in [-0.25, -0.2) is 9.67 Å². The minimum absolute atomic E-state index is 0.226. The lowest BCUT2D eigenvalue weighted by Gasteiger charge is -2.07. The zero-order valence-electron chi connectivity index (χ0n) is 11.0. The van der Waals surface area contributed by atoms with Crippen LogP contribution in [0.15, 0.2) is 48.7 Å². The second-order valence-electron chi connectivity index (χ2n) is 4.75. The summed E-state index contributed by atoms with van der Waals surface area (Å²) in [6, 6.07) is 11.2. The largest absolute Gasteiger partial charge is 0.453 e. The van der Waals surface area contributed by atoms with Crippen LogP contribution in [0.5, 0.6) is 11.5 Å². The summed E-state index contributed by atoms with van der Waals surface area (Å²) >= 11 is 0. The summed E-state index contributed by atoms with van der Waals surface area (Å²) < 4.78 is 45.9. The lowest BCUT2D eigenvalue weighted by atomic mass is 10.1. The van der Waals surface area contributed by atoms with Crippen LogP contribution in [0.3, 0.4) is 0 Å². The van der Waals surface area contributed by atoms with Gasteiger partial charge in [-0.1, -0.05) is 12.1 Å². The van der Waals surface area contributed by atoms with Gasteiger partial charge in [0, 0.05) is 11.8 Å². The summed E-state index contributed by atoms with van der Waals surface area (Å²) in [5, 5.41) is 3.67. The van der Waals surface area contributed by atoms with Gasteiger partial charge >= 0.3 is 6.18 Å². The number of halogens is 3. The minimum atomic E-state index is -4.52. The standard InChI is InChI=1S/C15H8F3N3O/c16-15(17,18)13-8-10-9-4-1-2-5-11(9)22-12-6-3-7-19-14(12)21(10)20-13/h1-8H. The number of ether oxygens (including phenoxy) is 1. The second-order valence-corrected chi connectivity index (χ2v) is 4.75. The van der Waals surface area contributed by atoms with E-state index in [4.69, 9.17) is 4.74 Å². The third-order valence-corrected chi connectivity index (χ3v) is 3.33. The maximum atomic E-state index is 13.0.